The number of methoxy groups -OCH3 is 1. The monoisotopic (exact) mass is 539 g/mol. The smallest absolute Gasteiger partial charge is 0.302 e. The molecular weight excluding hydrogens is 490 g/mol. The summed E-state index contributed by atoms with van der Waals surface area (Å²) in [5.41, 5.74) is 2.53. The van der Waals surface area contributed by atoms with Crippen molar-refractivity contribution < 1.29 is 23.8 Å². The molecule has 0 radical (unpaired) electrons. The van der Waals surface area contributed by atoms with Crippen LogP contribution in [0.3, 0.4) is 0 Å². The summed E-state index contributed by atoms with van der Waals surface area (Å²) < 4.78 is 16.7. The fourth-order valence-electron chi connectivity index (χ4n) is 4.62. The van der Waals surface area contributed by atoms with Gasteiger partial charge < -0.3 is 19.1 Å². The number of amides is 1. The lowest BCUT2D eigenvalue weighted by atomic mass is 10.1. The van der Waals surface area contributed by atoms with Crippen LogP contribution in [0, 0.1) is 0 Å². The molecule has 0 heterocycles. The fourth-order valence-corrected chi connectivity index (χ4v) is 4.62. The van der Waals surface area contributed by atoms with E-state index in [4.69, 9.17) is 14.2 Å². The highest BCUT2D eigenvalue weighted by Gasteiger charge is 2.15. The van der Waals surface area contributed by atoms with Crippen LogP contribution < -0.4 is 14.4 Å². The Morgan fingerprint density at radius 3 is 1.97 bits per heavy atom. The van der Waals surface area contributed by atoms with Gasteiger partial charge in [-0.3, -0.25) is 9.59 Å². The van der Waals surface area contributed by atoms with Gasteiger partial charge in [0, 0.05) is 19.5 Å². The molecule has 0 aliphatic heterocycles. The zero-order chi connectivity index (χ0) is 28.3. The van der Waals surface area contributed by atoms with Gasteiger partial charge in [0.25, 0.3) is 0 Å². The number of hydrogen-bond donors (Lipinski definition) is 0. The van der Waals surface area contributed by atoms with Crippen LogP contribution in [-0.2, 0) is 27.5 Å². The van der Waals surface area contributed by atoms with E-state index in [1.807, 2.05) is 42.5 Å². The largest absolute Gasteiger partial charge is 0.493 e. The molecule has 0 aromatic heterocycles. The van der Waals surface area contributed by atoms with Gasteiger partial charge in [-0.05, 0) is 41.8 Å². The first-order valence-electron chi connectivity index (χ1n) is 14.7. The Morgan fingerprint density at radius 1 is 0.744 bits per heavy atom. The molecule has 6 nitrogen and oxygen atoms in total. The average Bonchev–Trinajstić information content (AvgIpc) is 2.93. The van der Waals surface area contributed by atoms with Crippen molar-refractivity contribution in [1.29, 1.82) is 0 Å². The summed E-state index contributed by atoms with van der Waals surface area (Å²) in [6, 6.07) is 13.3. The summed E-state index contributed by atoms with van der Waals surface area (Å²) in [5.74, 6) is 0.980. The Balaban J connectivity index is 1.82. The van der Waals surface area contributed by atoms with Crippen LogP contribution in [0.5, 0.6) is 11.5 Å². The van der Waals surface area contributed by atoms with Crippen LogP contribution in [0.2, 0.25) is 0 Å². The van der Waals surface area contributed by atoms with E-state index in [2.05, 4.69) is 6.92 Å². The van der Waals surface area contributed by atoms with Gasteiger partial charge in [-0.2, -0.15) is 0 Å². The minimum Gasteiger partial charge on any atom is -0.493 e. The van der Waals surface area contributed by atoms with Gasteiger partial charge >= 0.3 is 5.97 Å². The standard InChI is InChI=1S/C33H49NO5/c1-5-6-7-8-9-10-11-12-13-14-15-16-22-38-33-24-29(20-21-32(33)37-4)25-34(27(2)35)31-19-17-18-30(23-31)26-39-28(3)36/h17-21,23-24H,5-16,22,25-26H2,1-4H3. The van der Waals surface area contributed by atoms with E-state index in [9.17, 15) is 9.59 Å². The first kappa shape index (κ1) is 32.2. The third-order valence-corrected chi connectivity index (χ3v) is 6.87. The van der Waals surface area contributed by atoms with Gasteiger partial charge in [0.1, 0.15) is 6.61 Å². The Labute approximate surface area is 236 Å². The number of ether oxygens (including phenoxy) is 3. The highest BCUT2D eigenvalue weighted by molar-refractivity contribution is 5.91. The van der Waals surface area contributed by atoms with Crippen molar-refractivity contribution in [2.75, 3.05) is 18.6 Å². The Hall–Kier alpha value is -3.02. The predicted molar refractivity (Wildman–Crippen MR) is 158 cm³/mol. The summed E-state index contributed by atoms with van der Waals surface area (Å²) in [6.45, 7) is 6.41. The summed E-state index contributed by atoms with van der Waals surface area (Å²) in [4.78, 5) is 25.4. The molecule has 0 aliphatic rings. The van der Waals surface area contributed by atoms with Gasteiger partial charge in [-0.25, -0.2) is 0 Å². The van der Waals surface area contributed by atoms with E-state index >= 15 is 0 Å². The fraction of sp³-hybridized carbons (Fsp3) is 0.576. The third kappa shape index (κ3) is 13.1. The molecule has 1 amide bonds. The first-order chi connectivity index (χ1) is 18.9. The van der Waals surface area contributed by atoms with E-state index in [-0.39, 0.29) is 18.5 Å². The molecule has 216 valence electrons. The maximum absolute atomic E-state index is 12.5. The van der Waals surface area contributed by atoms with Gasteiger partial charge in [-0.15, -0.1) is 0 Å². The summed E-state index contributed by atoms with van der Waals surface area (Å²) in [5, 5.41) is 0. The minimum atomic E-state index is -0.335. The van der Waals surface area contributed by atoms with Crippen LogP contribution in [0.15, 0.2) is 42.5 Å². The Bertz CT molecular complexity index is 990. The zero-order valence-electron chi connectivity index (χ0n) is 24.6. The number of benzene rings is 2. The van der Waals surface area contributed by atoms with E-state index in [0.29, 0.717) is 24.7 Å². The van der Waals surface area contributed by atoms with Crippen LogP contribution in [0.1, 0.15) is 109 Å². The lowest BCUT2D eigenvalue weighted by Gasteiger charge is -2.23. The molecule has 0 fully saturated rings. The number of nitrogens with zero attached hydrogens (tertiary/aromatic N) is 1. The van der Waals surface area contributed by atoms with Crippen LogP contribution in [0.25, 0.3) is 0 Å². The van der Waals surface area contributed by atoms with Crippen molar-refractivity contribution in [3.63, 3.8) is 0 Å². The van der Waals surface area contributed by atoms with Crippen LogP contribution in [-0.4, -0.2) is 25.6 Å². The third-order valence-electron chi connectivity index (χ3n) is 6.87. The molecule has 39 heavy (non-hydrogen) atoms. The number of carbonyl (C=O) groups is 2. The molecule has 0 bridgehead atoms. The van der Waals surface area contributed by atoms with Gasteiger partial charge in [-0.1, -0.05) is 95.8 Å². The molecule has 0 saturated heterocycles. The number of rotatable bonds is 20. The molecule has 2 aromatic carbocycles. The number of anilines is 1. The molecule has 0 unspecified atom stereocenters. The maximum Gasteiger partial charge on any atom is 0.302 e. The minimum absolute atomic E-state index is 0.0746. The first-order valence-corrected chi connectivity index (χ1v) is 14.7. The second-order valence-electron chi connectivity index (χ2n) is 10.3. The van der Waals surface area contributed by atoms with E-state index in [1.54, 1.807) is 18.9 Å². The SMILES string of the molecule is CCCCCCCCCCCCCCOc1cc(CN(C(C)=O)c2cccc(COC(C)=O)c2)ccc1OC. The molecule has 2 aromatic rings. The highest BCUT2D eigenvalue weighted by Crippen LogP contribution is 2.30. The van der Waals surface area contributed by atoms with Crippen molar-refractivity contribution >= 4 is 17.6 Å². The van der Waals surface area contributed by atoms with Crippen molar-refractivity contribution in [2.45, 2.75) is 111 Å². The molecule has 6 heteroatoms. The summed E-state index contributed by atoms with van der Waals surface area (Å²) in [7, 11) is 1.64. The van der Waals surface area contributed by atoms with Gasteiger partial charge in [0.05, 0.1) is 20.3 Å². The lowest BCUT2D eigenvalue weighted by molar-refractivity contribution is -0.142. The van der Waals surface area contributed by atoms with E-state index < -0.39 is 0 Å². The molecule has 2 rings (SSSR count). The van der Waals surface area contributed by atoms with Crippen LogP contribution >= 0.6 is 0 Å². The van der Waals surface area contributed by atoms with E-state index in [0.717, 1.165) is 23.2 Å². The summed E-state index contributed by atoms with van der Waals surface area (Å²) >= 11 is 0. The van der Waals surface area contributed by atoms with Gasteiger partial charge in [0.15, 0.2) is 11.5 Å². The Kier molecular flexibility index (Phi) is 15.8. The topological polar surface area (TPSA) is 65.1 Å². The quantitative estimate of drug-likeness (QED) is 0.125. The summed E-state index contributed by atoms with van der Waals surface area (Å²) in [6.07, 6.45) is 15.7. The normalized spacial score (nSPS) is 10.8. The molecule has 0 atom stereocenters. The van der Waals surface area contributed by atoms with Crippen LogP contribution in [0.4, 0.5) is 5.69 Å². The molecule has 0 aliphatic carbocycles. The van der Waals surface area contributed by atoms with Crippen molar-refractivity contribution in [3.8, 4) is 11.5 Å². The second-order valence-corrected chi connectivity index (χ2v) is 10.3. The van der Waals surface area contributed by atoms with Crippen molar-refractivity contribution in [2.24, 2.45) is 0 Å². The second kappa shape index (κ2) is 19.1. The number of hydrogen-bond acceptors (Lipinski definition) is 5. The van der Waals surface area contributed by atoms with Gasteiger partial charge in [0.2, 0.25) is 5.91 Å². The molecular formula is C33H49NO5. The molecule has 0 spiro atoms. The molecule has 0 saturated carbocycles. The Morgan fingerprint density at radius 2 is 1.38 bits per heavy atom. The number of unbranched alkanes of at least 4 members (excludes halogenated alkanes) is 11. The maximum atomic E-state index is 12.5. The van der Waals surface area contributed by atoms with Crippen molar-refractivity contribution in [1.82, 2.24) is 0 Å². The highest BCUT2D eigenvalue weighted by atomic mass is 16.5. The van der Waals surface area contributed by atoms with E-state index in [1.165, 1.54) is 77.6 Å². The van der Waals surface area contributed by atoms with Crippen molar-refractivity contribution in [3.05, 3.63) is 53.6 Å². The predicted octanol–water partition coefficient (Wildman–Crippen LogP) is 8.39. The molecule has 0 N–H and O–H groups in total. The number of carbonyl (C=O) groups excluding carboxylic acids is 2. The average molecular weight is 540 g/mol. The number of esters is 1. The lowest BCUT2D eigenvalue weighted by Crippen LogP contribution is -2.27. The zero-order valence-corrected chi connectivity index (χ0v) is 24.6.